The molecule has 0 unspecified atom stereocenters. The van der Waals surface area contributed by atoms with Crippen LogP contribution in [0, 0.1) is 0 Å². The third kappa shape index (κ3) is 5.50. The molecule has 0 aliphatic heterocycles. The average molecular weight is 296 g/mol. The lowest BCUT2D eigenvalue weighted by atomic mass is 10.1. The second-order valence-electron chi connectivity index (χ2n) is 4.60. The number of hydrogen-bond acceptors (Lipinski definition) is 6. The highest BCUT2D eigenvalue weighted by Gasteiger charge is 2.26. The molecule has 0 fully saturated rings. The first-order chi connectivity index (χ1) is 9.95. The number of esters is 1. The number of carbonyl (C=O) groups is 2. The first-order valence-electron chi connectivity index (χ1n) is 6.51. The van der Waals surface area contributed by atoms with Gasteiger partial charge in [0.15, 0.2) is 6.04 Å². The van der Waals surface area contributed by atoms with Gasteiger partial charge in [-0.05, 0) is 12.5 Å². The largest absolute Gasteiger partial charge is 0.459 e. The predicted octanol–water partition coefficient (Wildman–Crippen LogP) is -1.08. The molecule has 1 aromatic carbocycles. The lowest BCUT2D eigenvalue weighted by molar-refractivity contribution is -0.150. The van der Waals surface area contributed by atoms with Crippen molar-refractivity contribution in [2.75, 3.05) is 6.61 Å². The molecule has 0 aromatic heterocycles. The molecule has 0 saturated heterocycles. The molecule has 0 spiro atoms. The molecule has 5 N–H and O–H groups in total. The molecule has 0 aliphatic carbocycles. The Morgan fingerprint density at radius 1 is 1.33 bits per heavy atom. The van der Waals surface area contributed by atoms with Gasteiger partial charge in [0, 0.05) is 0 Å². The third-order valence-corrected chi connectivity index (χ3v) is 2.83. The number of ether oxygens (including phenoxy) is 1. The van der Waals surface area contributed by atoms with Crippen LogP contribution in [0.3, 0.4) is 0 Å². The summed E-state index contributed by atoms with van der Waals surface area (Å²) in [6.45, 7) is 0.770. The van der Waals surface area contributed by atoms with Crippen molar-refractivity contribution in [2.24, 2.45) is 5.73 Å². The maximum atomic E-state index is 11.8. The van der Waals surface area contributed by atoms with E-state index in [1.54, 1.807) is 24.3 Å². The van der Waals surface area contributed by atoms with Gasteiger partial charge in [-0.3, -0.25) is 4.79 Å². The maximum Gasteiger partial charge on any atom is 0.331 e. The summed E-state index contributed by atoms with van der Waals surface area (Å²) in [5.74, 6) is -1.51. The van der Waals surface area contributed by atoms with Crippen molar-refractivity contribution in [3.8, 4) is 0 Å². The molecular formula is C14H20N2O5. The lowest BCUT2D eigenvalue weighted by Crippen LogP contribution is -2.53. The highest BCUT2D eigenvalue weighted by molar-refractivity contribution is 5.87. The van der Waals surface area contributed by atoms with Crippen molar-refractivity contribution in [3.63, 3.8) is 0 Å². The molecule has 3 atom stereocenters. The van der Waals surface area contributed by atoms with Crippen molar-refractivity contribution in [2.45, 2.75) is 31.7 Å². The Kier molecular flexibility index (Phi) is 6.80. The van der Waals surface area contributed by atoms with Gasteiger partial charge < -0.3 is 26.0 Å². The van der Waals surface area contributed by atoms with Crippen molar-refractivity contribution in [3.05, 3.63) is 35.9 Å². The van der Waals surface area contributed by atoms with Gasteiger partial charge in [0.1, 0.15) is 12.6 Å². The Hall–Kier alpha value is -1.96. The van der Waals surface area contributed by atoms with Crippen molar-refractivity contribution in [1.29, 1.82) is 0 Å². The van der Waals surface area contributed by atoms with Crippen LogP contribution in [-0.2, 0) is 20.9 Å². The summed E-state index contributed by atoms with van der Waals surface area (Å²) in [4.78, 5) is 23.4. The Morgan fingerprint density at radius 3 is 2.48 bits per heavy atom. The van der Waals surface area contributed by atoms with E-state index >= 15 is 0 Å². The zero-order chi connectivity index (χ0) is 15.8. The Bertz CT molecular complexity index is 464. The van der Waals surface area contributed by atoms with Gasteiger partial charge in [-0.2, -0.15) is 0 Å². The average Bonchev–Trinajstić information content (AvgIpc) is 2.50. The number of nitrogens with one attached hydrogen (secondary N) is 1. The fourth-order valence-corrected chi connectivity index (χ4v) is 1.50. The second-order valence-corrected chi connectivity index (χ2v) is 4.60. The normalized spacial score (nSPS) is 14.9. The van der Waals surface area contributed by atoms with E-state index < -0.39 is 36.7 Å². The number of nitrogens with two attached hydrogens (primary N) is 1. The first-order valence-corrected chi connectivity index (χ1v) is 6.51. The van der Waals surface area contributed by atoms with E-state index in [9.17, 15) is 14.7 Å². The molecular weight excluding hydrogens is 276 g/mol. The van der Waals surface area contributed by atoms with Crippen LogP contribution in [0.2, 0.25) is 0 Å². The smallest absolute Gasteiger partial charge is 0.331 e. The number of rotatable bonds is 7. The summed E-state index contributed by atoms with van der Waals surface area (Å²) >= 11 is 0. The van der Waals surface area contributed by atoms with Gasteiger partial charge in [0.25, 0.3) is 0 Å². The first kappa shape index (κ1) is 17.1. The number of carbonyl (C=O) groups excluding carboxylic acids is 2. The predicted molar refractivity (Wildman–Crippen MR) is 74.9 cm³/mol. The van der Waals surface area contributed by atoms with Crippen LogP contribution in [0.1, 0.15) is 12.5 Å². The van der Waals surface area contributed by atoms with Gasteiger partial charge in [-0.1, -0.05) is 30.3 Å². The molecule has 7 heteroatoms. The van der Waals surface area contributed by atoms with Crippen LogP contribution in [-0.4, -0.2) is 46.9 Å². The minimum atomic E-state index is -1.22. The number of benzene rings is 1. The Labute approximate surface area is 122 Å². The monoisotopic (exact) mass is 296 g/mol. The quantitative estimate of drug-likeness (QED) is 0.475. The summed E-state index contributed by atoms with van der Waals surface area (Å²) in [5.41, 5.74) is 6.22. The summed E-state index contributed by atoms with van der Waals surface area (Å²) in [6.07, 6.45) is -1.07. The summed E-state index contributed by atoms with van der Waals surface area (Å²) in [7, 11) is 0. The van der Waals surface area contributed by atoms with Gasteiger partial charge in [-0.25, -0.2) is 4.79 Å². The highest BCUT2D eigenvalue weighted by Crippen LogP contribution is 2.02. The SMILES string of the molecule is C[C@H](O)[C@H](N)C(=O)N[C@@H](CO)C(=O)OCc1ccccc1. The van der Waals surface area contributed by atoms with Gasteiger partial charge in [-0.15, -0.1) is 0 Å². The minimum absolute atomic E-state index is 0.0362. The Morgan fingerprint density at radius 2 is 1.95 bits per heavy atom. The number of aliphatic hydroxyl groups is 2. The van der Waals surface area contributed by atoms with Crippen LogP contribution >= 0.6 is 0 Å². The van der Waals surface area contributed by atoms with E-state index in [1.165, 1.54) is 6.92 Å². The second kappa shape index (κ2) is 8.35. The minimum Gasteiger partial charge on any atom is -0.459 e. The third-order valence-electron chi connectivity index (χ3n) is 2.83. The standard InChI is InChI=1S/C14H20N2O5/c1-9(18)12(15)13(19)16-11(7-17)14(20)21-8-10-5-3-2-4-6-10/h2-6,9,11-12,17-18H,7-8,15H2,1H3,(H,16,19)/t9-,11-,12-/m0/s1. The van der Waals surface area contributed by atoms with Crippen LogP contribution in [0.25, 0.3) is 0 Å². The molecule has 21 heavy (non-hydrogen) atoms. The van der Waals surface area contributed by atoms with Crippen LogP contribution in [0.15, 0.2) is 30.3 Å². The Balaban J connectivity index is 2.51. The van der Waals surface area contributed by atoms with Crippen molar-refractivity contribution in [1.82, 2.24) is 5.32 Å². The molecule has 116 valence electrons. The lowest BCUT2D eigenvalue weighted by Gasteiger charge is -2.19. The van der Waals surface area contributed by atoms with Crippen LogP contribution < -0.4 is 11.1 Å². The highest BCUT2D eigenvalue weighted by atomic mass is 16.5. The van der Waals surface area contributed by atoms with E-state index in [2.05, 4.69) is 5.32 Å². The van der Waals surface area contributed by atoms with Crippen molar-refractivity contribution >= 4 is 11.9 Å². The molecule has 1 rings (SSSR count). The molecule has 0 aliphatic rings. The molecule has 7 nitrogen and oxygen atoms in total. The van der Waals surface area contributed by atoms with E-state index in [0.717, 1.165) is 5.56 Å². The van der Waals surface area contributed by atoms with E-state index in [0.29, 0.717) is 0 Å². The van der Waals surface area contributed by atoms with Crippen LogP contribution in [0.5, 0.6) is 0 Å². The van der Waals surface area contributed by atoms with Gasteiger partial charge >= 0.3 is 5.97 Å². The number of amides is 1. The zero-order valence-corrected chi connectivity index (χ0v) is 11.7. The molecule has 0 bridgehead atoms. The topological polar surface area (TPSA) is 122 Å². The van der Waals surface area contributed by atoms with Crippen molar-refractivity contribution < 1.29 is 24.5 Å². The fourth-order valence-electron chi connectivity index (χ4n) is 1.50. The van der Waals surface area contributed by atoms with E-state index in [4.69, 9.17) is 15.6 Å². The van der Waals surface area contributed by atoms with E-state index in [1.807, 2.05) is 6.07 Å². The van der Waals surface area contributed by atoms with Crippen LogP contribution in [0.4, 0.5) is 0 Å². The molecule has 0 saturated carbocycles. The number of aliphatic hydroxyl groups excluding tert-OH is 2. The fraction of sp³-hybridized carbons (Fsp3) is 0.429. The molecule has 0 radical (unpaired) electrons. The molecule has 1 amide bonds. The zero-order valence-electron chi connectivity index (χ0n) is 11.7. The molecule has 1 aromatic rings. The van der Waals surface area contributed by atoms with Gasteiger partial charge in [0.2, 0.25) is 5.91 Å². The number of hydrogen-bond donors (Lipinski definition) is 4. The summed E-state index contributed by atoms with van der Waals surface area (Å²) in [5, 5.41) is 20.6. The maximum absolute atomic E-state index is 11.8. The summed E-state index contributed by atoms with van der Waals surface area (Å²) < 4.78 is 5.01. The van der Waals surface area contributed by atoms with E-state index in [-0.39, 0.29) is 6.61 Å². The van der Waals surface area contributed by atoms with Gasteiger partial charge in [0.05, 0.1) is 12.7 Å². The molecule has 0 heterocycles. The summed E-state index contributed by atoms with van der Waals surface area (Å²) in [6, 6.07) is 6.60.